The van der Waals surface area contributed by atoms with E-state index in [2.05, 4.69) is 31.9 Å². The van der Waals surface area contributed by atoms with Crippen LogP contribution in [0.1, 0.15) is 16.7 Å². The Morgan fingerprint density at radius 3 is 2.37 bits per heavy atom. The van der Waals surface area contributed by atoms with E-state index in [9.17, 15) is 4.79 Å². The topological polar surface area (TPSA) is 29.5 Å². The second-order valence-electron chi connectivity index (χ2n) is 6.98. The molecule has 0 atom stereocenters. The van der Waals surface area contributed by atoms with Crippen LogP contribution in [0.15, 0.2) is 87.3 Å². The molecule has 0 aromatic heterocycles. The van der Waals surface area contributed by atoms with Crippen molar-refractivity contribution in [2.75, 3.05) is 12.0 Å². The van der Waals surface area contributed by atoms with Crippen molar-refractivity contribution in [3.05, 3.63) is 104 Å². The minimum atomic E-state index is -0.0645. The van der Waals surface area contributed by atoms with Crippen LogP contribution in [0.3, 0.4) is 0 Å². The first kappa shape index (κ1) is 20.6. The molecule has 4 rings (SSSR count). The summed E-state index contributed by atoms with van der Waals surface area (Å²) in [5, 5.41) is 0. The molecule has 0 saturated heterocycles. The fourth-order valence-corrected chi connectivity index (χ4v) is 4.65. The third-order valence-electron chi connectivity index (χ3n) is 4.89. The second kappa shape index (κ2) is 8.62. The van der Waals surface area contributed by atoms with Crippen molar-refractivity contribution < 1.29 is 9.53 Å². The molecule has 1 aliphatic heterocycles. The van der Waals surface area contributed by atoms with Crippen LogP contribution in [0.2, 0.25) is 0 Å². The number of aryl methyl sites for hydroxylation is 1. The lowest BCUT2D eigenvalue weighted by Gasteiger charge is -2.22. The van der Waals surface area contributed by atoms with Gasteiger partial charge in [-0.3, -0.25) is 9.69 Å². The maximum atomic E-state index is 13.5. The minimum absolute atomic E-state index is 0.0645. The van der Waals surface area contributed by atoms with Gasteiger partial charge in [0.15, 0.2) is 0 Å². The maximum absolute atomic E-state index is 13.5. The Morgan fingerprint density at radius 2 is 1.70 bits per heavy atom. The Bertz CT molecular complexity index is 1180. The molecule has 30 heavy (non-hydrogen) atoms. The molecule has 0 radical (unpaired) electrons. The monoisotopic (exact) mass is 523 g/mol. The average molecular weight is 525 g/mol. The lowest BCUT2D eigenvalue weighted by atomic mass is 10.1. The average Bonchev–Trinajstić information content (AvgIpc) is 3.05. The summed E-state index contributed by atoms with van der Waals surface area (Å²) >= 11 is 7.15. The number of carbonyl (C=O) groups is 1. The molecule has 3 aromatic rings. The Morgan fingerprint density at radius 1 is 0.933 bits per heavy atom. The van der Waals surface area contributed by atoms with E-state index in [4.69, 9.17) is 4.74 Å². The van der Waals surface area contributed by atoms with Crippen molar-refractivity contribution in [2.45, 2.75) is 6.92 Å². The van der Waals surface area contributed by atoms with Crippen molar-refractivity contribution in [1.29, 1.82) is 0 Å². The summed E-state index contributed by atoms with van der Waals surface area (Å²) in [5.74, 6) is 0.686. The van der Waals surface area contributed by atoms with Gasteiger partial charge in [-0.25, -0.2) is 0 Å². The van der Waals surface area contributed by atoms with E-state index in [0.717, 1.165) is 42.8 Å². The van der Waals surface area contributed by atoms with Crippen molar-refractivity contribution in [2.24, 2.45) is 0 Å². The van der Waals surface area contributed by atoms with Gasteiger partial charge in [-0.1, -0.05) is 42.5 Å². The number of halogens is 2. The molecule has 5 heteroatoms. The van der Waals surface area contributed by atoms with Gasteiger partial charge >= 0.3 is 0 Å². The number of carbonyl (C=O) groups excluding carboxylic acids is 1. The van der Waals surface area contributed by atoms with Crippen molar-refractivity contribution in [3.63, 3.8) is 0 Å². The molecule has 1 aliphatic rings. The van der Waals surface area contributed by atoms with E-state index in [-0.39, 0.29) is 5.91 Å². The third kappa shape index (κ3) is 4.00. The highest BCUT2D eigenvalue weighted by Crippen LogP contribution is 2.39. The maximum Gasteiger partial charge on any atom is 0.262 e. The smallest absolute Gasteiger partial charge is 0.262 e. The zero-order valence-corrected chi connectivity index (χ0v) is 19.7. The molecule has 3 aromatic carbocycles. The molecule has 0 N–H and O–H groups in total. The first-order chi connectivity index (χ1) is 14.5. The summed E-state index contributed by atoms with van der Waals surface area (Å²) in [6.45, 7) is 2.03. The van der Waals surface area contributed by atoms with E-state index in [0.29, 0.717) is 5.57 Å². The number of benzene rings is 3. The van der Waals surface area contributed by atoms with Crippen LogP contribution < -0.4 is 9.64 Å². The van der Waals surface area contributed by atoms with Crippen LogP contribution in [-0.4, -0.2) is 13.0 Å². The molecule has 1 amide bonds. The zero-order valence-electron chi connectivity index (χ0n) is 16.5. The van der Waals surface area contributed by atoms with Gasteiger partial charge in [0.05, 0.1) is 23.0 Å². The molecule has 1 heterocycles. The van der Waals surface area contributed by atoms with E-state index >= 15 is 0 Å². The molecule has 150 valence electrons. The van der Waals surface area contributed by atoms with Gasteiger partial charge in [-0.15, -0.1) is 0 Å². The number of ether oxygens (including phenoxy) is 1. The zero-order chi connectivity index (χ0) is 21.3. The lowest BCUT2D eigenvalue weighted by molar-refractivity contribution is -0.113. The van der Waals surface area contributed by atoms with Gasteiger partial charge in [-0.2, -0.15) is 0 Å². The van der Waals surface area contributed by atoms with E-state index in [1.54, 1.807) is 12.0 Å². The SMILES string of the molecule is COc1ccc(C=C2C=C(c3ccccc3)N(c3ccc(C)cc3Br)C2=O)cc1Br. The molecule has 3 nitrogen and oxygen atoms in total. The number of amides is 1. The number of nitrogens with zero attached hydrogens (tertiary/aromatic N) is 1. The van der Waals surface area contributed by atoms with Gasteiger partial charge in [0.2, 0.25) is 0 Å². The molecule has 0 saturated carbocycles. The van der Waals surface area contributed by atoms with E-state index in [1.807, 2.05) is 85.8 Å². The summed E-state index contributed by atoms with van der Waals surface area (Å²) in [6.07, 6.45) is 3.85. The van der Waals surface area contributed by atoms with Gasteiger partial charge in [-0.05, 0) is 91.9 Å². The van der Waals surface area contributed by atoms with Crippen LogP contribution in [0, 0.1) is 6.92 Å². The number of methoxy groups -OCH3 is 1. The predicted octanol–water partition coefficient (Wildman–Crippen LogP) is 7.00. The summed E-state index contributed by atoms with van der Waals surface area (Å²) < 4.78 is 7.03. The molecule has 0 spiro atoms. The number of rotatable bonds is 4. The molecular weight excluding hydrogens is 506 g/mol. The molecule has 0 aliphatic carbocycles. The van der Waals surface area contributed by atoms with Crippen LogP contribution >= 0.6 is 31.9 Å². The summed E-state index contributed by atoms with van der Waals surface area (Å²) in [6, 6.07) is 21.7. The molecule has 0 bridgehead atoms. The highest BCUT2D eigenvalue weighted by atomic mass is 79.9. The van der Waals surface area contributed by atoms with Gasteiger partial charge in [0, 0.05) is 10.0 Å². The van der Waals surface area contributed by atoms with E-state index in [1.165, 1.54) is 0 Å². The quantitative estimate of drug-likeness (QED) is 0.344. The minimum Gasteiger partial charge on any atom is -0.496 e. The first-order valence-corrected chi connectivity index (χ1v) is 11.0. The second-order valence-corrected chi connectivity index (χ2v) is 8.69. The fourth-order valence-electron chi connectivity index (χ4n) is 3.42. The van der Waals surface area contributed by atoms with E-state index < -0.39 is 0 Å². The molecular formula is C25H19Br2NO2. The van der Waals surface area contributed by atoms with Crippen LogP contribution in [0.4, 0.5) is 5.69 Å². The van der Waals surface area contributed by atoms with Gasteiger partial charge < -0.3 is 4.74 Å². The van der Waals surface area contributed by atoms with Gasteiger partial charge in [0.25, 0.3) is 5.91 Å². The van der Waals surface area contributed by atoms with Crippen molar-refractivity contribution in [3.8, 4) is 5.75 Å². The Labute approximate surface area is 192 Å². The van der Waals surface area contributed by atoms with Crippen LogP contribution in [0.5, 0.6) is 5.75 Å². The normalized spacial score (nSPS) is 14.9. The van der Waals surface area contributed by atoms with Gasteiger partial charge in [0.1, 0.15) is 5.75 Å². The van der Waals surface area contributed by atoms with Crippen molar-refractivity contribution >= 4 is 55.2 Å². The predicted molar refractivity (Wildman–Crippen MR) is 129 cm³/mol. The summed E-state index contributed by atoms with van der Waals surface area (Å²) in [4.78, 5) is 15.3. The fraction of sp³-hybridized carbons (Fsp3) is 0.0800. The molecule has 0 fully saturated rings. The number of hydrogen-bond acceptors (Lipinski definition) is 2. The first-order valence-electron chi connectivity index (χ1n) is 9.41. The Hall–Kier alpha value is -2.63. The lowest BCUT2D eigenvalue weighted by Crippen LogP contribution is -2.25. The highest BCUT2D eigenvalue weighted by molar-refractivity contribution is 9.11. The van der Waals surface area contributed by atoms with Crippen LogP contribution in [0.25, 0.3) is 11.8 Å². The van der Waals surface area contributed by atoms with Crippen molar-refractivity contribution in [1.82, 2.24) is 0 Å². The standard InChI is InChI=1S/C25H19Br2NO2/c1-16-8-10-22(20(26)12-16)28-23(18-6-4-3-5-7-18)15-19(25(28)29)13-17-9-11-24(30-2)21(27)14-17/h3-15H,1-2H3. The number of hydrogen-bond donors (Lipinski definition) is 0. The largest absolute Gasteiger partial charge is 0.496 e. The third-order valence-corrected chi connectivity index (χ3v) is 6.15. The van der Waals surface area contributed by atoms with Crippen LogP contribution in [-0.2, 0) is 4.79 Å². The number of anilines is 1. The molecule has 0 unspecified atom stereocenters. The highest BCUT2D eigenvalue weighted by Gasteiger charge is 2.31. The summed E-state index contributed by atoms with van der Waals surface area (Å²) in [7, 11) is 1.63. The Balaban J connectivity index is 1.82. The summed E-state index contributed by atoms with van der Waals surface area (Å²) in [5.41, 5.74) is 5.32. The Kier molecular flexibility index (Phi) is 5.93.